The molecule has 2 fully saturated rings. The predicted molar refractivity (Wildman–Crippen MR) is 98.6 cm³/mol. The molecule has 0 aromatic rings. The molecule has 0 amide bonds. The maximum absolute atomic E-state index is 12.5. The quantitative estimate of drug-likeness (QED) is 0.432. The van der Waals surface area contributed by atoms with Gasteiger partial charge in [-0.1, -0.05) is 40.5 Å². The Balaban J connectivity index is 2.00. The van der Waals surface area contributed by atoms with Crippen LogP contribution in [0.25, 0.3) is 0 Å². The van der Waals surface area contributed by atoms with Crippen LogP contribution in [0.2, 0.25) is 0 Å². The van der Waals surface area contributed by atoms with Gasteiger partial charge in [0, 0.05) is 23.3 Å². The van der Waals surface area contributed by atoms with Gasteiger partial charge in [-0.2, -0.15) is 0 Å². The van der Waals surface area contributed by atoms with Crippen molar-refractivity contribution in [2.45, 2.75) is 84.0 Å². The summed E-state index contributed by atoms with van der Waals surface area (Å²) in [5, 5.41) is 22.3. The molecule has 6 nitrogen and oxygen atoms in total. The van der Waals surface area contributed by atoms with Crippen LogP contribution in [-0.4, -0.2) is 46.6 Å². The molecule has 6 heteroatoms. The number of cyclic esters (lactones) is 1. The van der Waals surface area contributed by atoms with E-state index in [1.54, 1.807) is 13.0 Å². The highest BCUT2D eigenvalue weighted by Crippen LogP contribution is 2.63. The molecular weight excluding hydrogens is 348 g/mol. The Morgan fingerprint density at radius 1 is 1.33 bits per heavy atom. The third kappa shape index (κ3) is 2.92. The second-order valence-corrected chi connectivity index (χ2v) is 9.19. The first-order valence-electron chi connectivity index (χ1n) is 10.1. The van der Waals surface area contributed by atoms with Crippen molar-refractivity contribution in [2.75, 3.05) is 6.61 Å². The van der Waals surface area contributed by atoms with Crippen LogP contribution in [0.1, 0.15) is 66.2 Å². The molecule has 1 saturated carbocycles. The number of aliphatic hydroxyl groups excluding tert-OH is 1. The van der Waals surface area contributed by atoms with Crippen LogP contribution >= 0.6 is 0 Å². The average Bonchev–Trinajstić information content (AvgIpc) is 2.88. The van der Waals surface area contributed by atoms with E-state index in [9.17, 15) is 19.8 Å². The Labute approximate surface area is 160 Å². The van der Waals surface area contributed by atoms with Gasteiger partial charge in [-0.05, 0) is 30.8 Å². The van der Waals surface area contributed by atoms with E-state index in [1.807, 2.05) is 13.8 Å². The first-order valence-corrected chi connectivity index (χ1v) is 10.1. The lowest BCUT2D eigenvalue weighted by Crippen LogP contribution is -2.69. The summed E-state index contributed by atoms with van der Waals surface area (Å²) < 4.78 is 11.0. The third-order valence-electron chi connectivity index (χ3n) is 7.09. The van der Waals surface area contributed by atoms with Crippen molar-refractivity contribution in [2.24, 2.45) is 16.7 Å². The number of aliphatic hydroxyl groups is 2. The number of rotatable bonds is 5. The van der Waals surface area contributed by atoms with Crippen LogP contribution in [0.5, 0.6) is 0 Å². The lowest BCUT2D eigenvalue weighted by atomic mass is 9.45. The van der Waals surface area contributed by atoms with E-state index in [0.717, 1.165) is 19.3 Å². The minimum Gasteiger partial charge on any atom is -0.459 e. The van der Waals surface area contributed by atoms with Crippen molar-refractivity contribution in [3.05, 3.63) is 11.6 Å². The molecular formula is C21H32O6. The van der Waals surface area contributed by atoms with Crippen molar-refractivity contribution in [3.8, 4) is 0 Å². The summed E-state index contributed by atoms with van der Waals surface area (Å²) in [6.07, 6.45) is 4.50. The van der Waals surface area contributed by atoms with Gasteiger partial charge in [0.05, 0.1) is 6.10 Å². The Morgan fingerprint density at radius 3 is 2.70 bits per heavy atom. The number of hydrogen-bond acceptors (Lipinski definition) is 6. The van der Waals surface area contributed by atoms with Gasteiger partial charge in [0.1, 0.15) is 12.7 Å². The number of fused-ring (bicyclic) bond motifs is 3. The molecule has 0 unspecified atom stereocenters. The molecule has 0 aromatic carbocycles. The Bertz CT molecular complexity index is 653. The van der Waals surface area contributed by atoms with Crippen LogP contribution in [0, 0.1) is 16.7 Å². The van der Waals surface area contributed by atoms with Gasteiger partial charge in [0.25, 0.3) is 0 Å². The average molecular weight is 380 g/mol. The highest BCUT2D eigenvalue weighted by Gasteiger charge is 2.72. The standard InChI is InChI=1S/C21H32O6/c1-5-6-7-8-16(23)27-14-11-13-12-26-18(24)21(13,25)20(4)15(22)9-10-19(2,3)17(14)20/h11,14-15,17,22,25H,5-10,12H2,1-4H3/t14-,15+,17-,20-,21+/m1/s1. The molecule has 27 heavy (non-hydrogen) atoms. The molecule has 0 spiro atoms. The summed E-state index contributed by atoms with van der Waals surface area (Å²) in [6.45, 7) is 7.87. The molecule has 0 radical (unpaired) electrons. The molecule has 1 aliphatic heterocycles. The summed E-state index contributed by atoms with van der Waals surface area (Å²) in [5.41, 5.74) is -2.99. The van der Waals surface area contributed by atoms with Crippen molar-refractivity contribution in [1.82, 2.24) is 0 Å². The van der Waals surface area contributed by atoms with Gasteiger partial charge in [-0.3, -0.25) is 4.79 Å². The van der Waals surface area contributed by atoms with Gasteiger partial charge >= 0.3 is 11.9 Å². The van der Waals surface area contributed by atoms with Gasteiger partial charge in [-0.25, -0.2) is 4.79 Å². The Hall–Kier alpha value is -1.40. The number of carbonyl (C=O) groups is 2. The Kier molecular flexibility index (Phi) is 5.19. The second kappa shape index (κ2) is 6.89. The molecule has 0 bridgehead atoms. The lowest BCUT2D eigenvalue weighted by molar-refractivity contribution is -0.225. The smallest absolute Gasteiger partial charge is 0.343 e. The minimum atomic E-state index is -1.88. The molecule has 1 heterocycles. The van der Waals surface area contributed by atoms with Gasteiger partial charge in [0.2, 0.25) is 0 Å². The topological polar surface area (TPSA) is 93.1 Å². The largest absolute Gasteiger partial charge is 0.459 e. The molecule has 152 valence electrons. The molecule has 2 aliphatic carbocycles. The number of ether oxygens (including phenoxy) is 2. The monoisotopic (exact) mass is 380 g/mol. The van der Waals surface area contributed by atoms with Crippen molar-refractivity contribution in [3.63, 3.8) is 0 Å². The summed E-state index contributed by atoms with van der Waals surface area (Å²) >= 11 is 0. The fraction of sp³-hybridized carbons (Fsp3) is 0.810. The van der Waals surface area contributed by atoms with Gasteiger partial charge < -0.3 is 19.7 Å². The van der Waals surface area contributed by atoms with Crippen molar-refractivity contribution >= 4 is 11.9 Å². The summed E-state index contributed by atoms with van der Waals surface area (Å²) in [4.78, 5) is 24.9. The van der Waals surface area contributed by atoms with E-state index >= 15 is 0 Å². The van der Waals surface area contributed by atoms with E-state index in [-0.39, 0.29) is 18.0 Å². The zero-order chi connectivity index (χ0) is 20.0. The fourth-order valence-electron chi connectivity index (χ4n) is 5.58. The zero-order valence-corrected chi connectivity index (χ0v) is 16.8. The van der Waals surface area contributed by atoms with E-state index in [0.29, 0.717) is 24.8 Å². The first kappa shape index (κ1) is 20.3. The highest BCUT2D eigenvalue weighted by molar-refractivity contribution is 5.88. The van der Waals surface area contributed by atoms with Crippen LogP contribution in [0.3, 0.4) is 0 Å². The van der Waals surface area contributed by atoms with E-state index < -0.39 is 35.1 Å². The van der Waals surface area contributed by atoms with E-state index in [4.69, 9.17) is 9.47 Å². The zero-order valence-electron chi connectivity index (χ0n) is 16.8. The Morgan fingerprint density at radius 2 is 2.04 bits per heavy atom. The molecule has 0 aromatic heterocycles. The van der Waals surface area contributed by atoms with E-state index in [1.165, 1.54) is 0 Å². The van der Waals surface area contributed by atoms with Crippen molar-refractivity contribution < 1.29 is 29.3 Å². The molecule has 5 atom stereocenters. The minimum absolute atomic E-state index is 0.0331. The van der Waals surface area contributed by atoms with Crippen LogP contribution in [-0.2, 0) is 19.1 Å². The second-order valence-electron chi connectivity index (χ2n) is 9.19. The fourth-order valence-corrected chi connectivity index (χ4v) is 5.58. The maximum Gasteiger partial charge on any atom is 0.343 e. The number of unbranched alkanes of at least 4 members (excludes halogenated alkanes) is 2. The normalized spacial score (nSPS) is 39.9. The summed E-state index contributed by atoms with van der Waals surface area (Å²) in [6, 6.07) is 0. The molecule has 3 aliphatic rings. The highest BCUT2D eigenvalue weighted by atomic mass is 16.6. The maximum atomic E-state index is 12.5. The van der Waals surface area contributed by atoms with Crippen LogP contribution in [0.4, 0.5) is 0 Å². The van der Waals surface area contributed by atoms with Gasteiger partial charge in [0.15, 0.2) is 5.60 Å². The SMILES string of the molecule is CCCCCC(=O)O[C@@H]1C=C2COC(=O)[C@]2(O)[C@@]2(C)[C@H]1C(C)(C)CC[C@@H]2O. The molecule has 3 rings (SSSR count). The number of hydrogen-bond donors (Lipinski definition) is 2. The number of esters is 2. The molecule has 1 saturated heterocycles. The van der Waals surface area contributed by atoms with Gasteiger partial charge in [-0.15, -0.1) is 0 Å². The first-order chi connectivity index (χ1) is 12.6. The lowest BCUT2D eigenvalue weighted by Gasteiger charge is -2.60. The third-order valence-corrected chi connectivity index (χ3v) is 7.09. The number of carbonyl (C=O) groups excluding carboxylic acids is 2. The molecule has 2 N–H and O–H groups in total. The summed E-state index contributed by atoms with van der Waals surface area (Å²) in [5.74, 6) is -1.40. The predicted octanol–water partition coefficient (Wildman–Crippen LogP) is 2.51. The van der Waals surface area contributed by atoms with Crippen LogP contribution < -0.4 is 0 Å². The van der Waals surface area contributed by atoms with E-state index in [2.05, 4.69) is 6.92 Å². The van der Waals surface area contributed by atoms with Crippen LogP contribution in [0.15, 0.2) is 11.6 Å². The van der Waals surface area contributed by atoms with Crippen molar-refractivity contribution in [1.29, 1.82) is 0 Å². The summed E-state index contributed by atoms with van der Waals surface area (Å²) in [7, 11) is 0.